The summed E-state index contributed by atoms with van der Waals surface area (Å²) >= 11 is 0. The number of aromatic nitrogens is 1. The lowest BCUT2D eigenvalue weighted by atomic mass is 10.1. The third kappa shape index (κ3) is 3.60. The predicted molar refractivity (Wildman–Crippen MR) is 80.5 cm³/mol. The average Bonchev–Trinajstić information content (AvgIpc) is 3.01. The summed E-state index contributed by atoms with van der Waals surface area (Å²) in [7, 11) is 0. The number of rotatable bonds is 4. The lowest BCUT2D eigenvalue weighted by molar-refractivity contribution is 0.0937. The maximum absolute atomic E-state index is 12.2. The quantitative estimate of drug-likeness (QED) is 0.933. The summed E-state index contributed by atoms with van der Waals surface area (Å²) in [6.07, 6.45) is 6.24. The molecule has 0 atom stereocenters. The van der Waals surface area contributed by atoms with Crippen molar-refractivity contribution < 1.29 is 9.53 Å². The molecule has 1 saturated carbocycles. The Balaban J connectivity index is 1.69. The van der Waals surface area contributed by atoms with E-state index in [0.717, 1.165) is 12.8 Å². The molecule has 1 amide bonds. The molecule has 108 valence electrons. The van der Waals surface area contributed by atoms with E-state index in [0.29, 0.717) is 23.2 Å². The van der Waals surface area contributed by atoms with Crippen LogP contribution in [0.1, 0.15) is 36.0 Å². The van der Waals surface area contributed by atoms with E-state index in [1.807, 2.05) is 24.3 Å². The van der Waals surface area contributed by atoms with Gasteiger partial charge in [0, 0.05) is 23.9 Å². The van der Waals surface area contributed by atoms with Crippen LogP contribution in [0.3, 0.4) is 0 Å². The van der Waals surface area contributed by atoms with Gasteiger partial charge in [0.05, 0.1) is 0 Å². The van der Waals surface area contributed by atoms with Gasteiger partial charge in [-0.05, 0) is 37.1 Å². The Morgan fingerprint density at radius 2 is 2.00 bits per heavy atom. The fourth-order valence-electron chi connectivity index (χ4n) is 2.57. The number of carbonyl (C=O) groups excluding carboxylic acids is 1. The minimum Gasteiger partial charge on any atom is -0.439 e. The molecule has 0 bridgehead atoms. The number of hydrogen-bond acceptors (Lipinski definition) is 3. The van der Waals surface area contributed by atoms with Gasteiger partial charge in [-0.15, -0.1) is 0 Å². The lowest BCUT2D eigenvalue weighted by Gasteiger charge is -2.12. The van der Waals surface area contributed by atoms with Crippen LogP contribution >= 0.6 is 0 Å². The maximum atomic E-state index is 12.2. The molecule has 1 aromatic carbocycles. The second kappa shape index (κ2) is 6.39. The Labute approximate surface area is 124 Å². The van der Waals surface area contributed by atoms with Crippen LogP contribution in [0.15, 0.2) is 48.7 Å². The van der Waals surface area contributed by atoms with Crippen LogP contribution in [0, 0.1) is 0 Å². The van der Waals surface area contributed by atoms with Gasteiger partial charge in [-0.3, -0.25) is 4.79 Å². The summed E-state index contributed by atoms with van der Waals surface area (Å²) in [5.41, 5.74) is 0.621. The molecule has 4 nitrogen and oxygen atoms in total. The standard InChI is InChI=1S/C17H18N2O2/c20-17(19-14-7-1-2-8-14)13-6-5-9-15(12-13)21-16-10-3-4-11-18-16/h3-6,9-12,14H,1-2,7-8H2,(H,19,20). The number of pyridine rings is 1. The Kier molecular flexibility index (Phi) is 4.15. The van der Waals surface area contributed by atoms with Crippen LogP contribution in [0.25, 0.3) is 0 Å². The van der Waals surface area contributed by atoms with E-state index in [2.05, 4.69) is 10.3 Å². The number of benzene rings is 1. The number of nitrogens with one attached hydrogen (secondary N) is 1. The van der Waals surface area contributed by atoms with Crippen LogP contribution < -0.4 is 10.1 Å². The number of hydrogen-bond donors (Lipinski definition) is 1. The first-order valence-corrected chi connectivity index (χ1v) is 7.31. The van der Waals surface area contributed by atoms with Crippen LogP contribution in [0.5, 0.6) is 11.6 Å². The van der Waals surface area contributed by atoms with Crippen molar-refractivity contribution in [1.29, 1.82) is 0 Å². The molecule has 1 aliphatic rings. The first-order valence-electron chi connectivity index (χ1n) is 7.31. The zero-order valence-corrected chi connectivity index (χ0v) is 11.8. The minimum atomic E-state index is -0.0339. The Bertz CT molecular complexity index is 607. The van der Waals surface area contributed by atoms with Crippen molar-refractivity contribution in [2.45, 2.75) is 31.7 Å². The molecule has 1 aromatic heterocycles. The summed E-state index contributed by atoms with van der Waals surface area (Å²) < 4.78 is 5.65. The highest BCUT2D eigenvalue weighted by Crippen LogP contribution is 2.21. The van der Waals surface area contributed by atoms with Crippen molar-refractivity contribution in [2.75, 3.05) is 0 Å². The van der Waals surface area contributed by atoms with E-state index >= 15 is 0 Å². The average molecular weight is 282 g/mol. The number of carbonyl (C=O) groups is 1. The fraction of sp³-hybridized carbons (Fsp3) is 0.294. The van der Waals surface area contributed by atoms with Crippen molar-refractivity contribution in [1.82, 2.24) is 10.3 Å². The van der Waals surface area contributed by atoms with E-state index in [-0.39, 0.29) is 5.91 Å². The van der Waals surface area contributed by atoms with Gasteiger partial charge >= 0.3 is 0 Å². The summed E-state index contributed by atoms with van der Waals surface area (Å²) in [5.74, 6) is 1.10. The minimum absolute atomic E-state index is 0.0339. The second-order valence-corrected chi connectivity index (χ2v) is 5.25. The van der Waals surface area contributed by atoms with Gasteiger partial charge in [-0.2, -0.15) is 0 Å². The number of ether oxygens (including phenoxy) is 1. The van der Waals surface area contributed by atoms with E-state index < -0.39 is 0 Å². The normalized spacial score (nSPS) is 14.9. The summed E-state index contributed by atoms with van der Waals surface area (Å²) in [6, 6.07) is 13.0. The van der Waals surface area contributed by atoms with Crippen molar-refractivity contribution in [3.8, 4) is 11.6 Å². The Hall–Kier alpha value is -2.36. The molecule has 4 heteroatoms. The van der Waals surface area contributed by atoms with Crippen LogP contribution in [0.2, 0.25) is 0 Å². The number of amides is 1. The molecule has 2 aromatic rings. The number of nitrogens with zero attached hydrogens (tertiary/aromatic N) is 1. The molecule has 0 unspecified atom stereocenters. The summed E-state index contributed by atoms with van der Waals surface area (Å²) in [4.78, 5) is 16.3. The maximum Gasteiger partial charge on any atom is 0.251 e. The molecule has 0 spiro atoms. The second-order valence-electron chi connectivity index (χ2n) is 5.25. The lowest BCUT2D eigenvalue weighted by Crippen LogP contribution is -2.32. The molecule has 0 saturated heterocycles. The highest BCUT2D eigenvalue weighted by atomic mass is 16.5. The highest BCUT2D eigenvalue weighted by Gasteiger charge is 2.18. The van der Waals surface area contributed by atoms with E-state index in [9.17, 15) is 4.79 Å². The molecule has 1 heterocycles. The van der Waals surface area contributed by atoms with Gasteiger partial charge in [-0.1, -0.05) is 25.0 Å². The molecule has 21 heavy (non-hydrogen) atoms. The summed E-state index contributed by atoms with van der Waals surface area (Å²) in [6.45, 7) is 0. The third-order valence-corrected chi connectivity index (χ3v) is 3.65. The zero-order valence-electron chi connectivity index (χ0n) is 11.8. The fourth-order valence-corrected chi connectivity index (χ4v) is 2.57. The zero-order chi connectivity index (χ0) is 14.5. The predicted octanol–water partition coefficient (Wildman–Crippen LogP) is 3.55. The van der Waals surface area contributed by atoms with Gasteiger partial charge < -0.3 is 10.1 Å². The van der Waals surface area contributed by atoms with E-state index in [4.69, 9.17) is 4.74 Å². The summed E-state index contributed by atoms with van der Waals surface area (Å²) in [5, 5.41) is 3.08. The highest BCUT2D eigenvalue weighted by molar-refractivity contribution is 5.94. The van der Waals surface area contributed by atoms with E-state index in [1.54, 1.807) is 24.4 Å². The van der Waals surface area contributed by atoms with Gasteiger partial charge in [0.15, 0.2) is 0 Å². The first kappa shape index (κ1) is 13.6. The molecule has 0 radical (unpaired) electrons. The Morgan fingerprint density at radius 3 is 2.76 bits per heavy atom. The Morgan fingerprint density at radius 1 is 1.14 bits per heavy atom. The topological polar surface area (TPSA) is 51.2 Å². The van der Waals surface area contributed by atoms with Gasteiger partial charge in [0.1, 0.15) is 5.75 Å². The molecule has 0 aliphatic heterocycles. The van der Waals surface area contributed by atoms with Crippen molar-refractivity contribution in [3.05, 3.63) is 54.2 Å². The van der Waals surface area contributed by atoms with Crippen molar-refractivity contribution >= 4 is 5.91 Å². The van der Waals surface area contributed by atoms with Gasteiger partial charge in [0.25, 0.3) is 5.91 Å². The third-order valence-electron chi connectivity index (χ3n) is 3.65. The SMILES string of the molecule is O=C(NC1CCCC1)c1cccc(Oc2ccccn2)c1. The molecule has 1 fully saturated rings. The molecular weight excluding hydrogens is 264 g/mol. The van der Waals surface area contributed by atoms with Gasteiger partial charge in [-0.25, -0.2) is 4.98 Å². The van der Waals surface area contributed by atoms with E-state index in [1.165, 1.54) is 12.8 Å². The van der Waals surface area contributed by atoms with Crippen molar-refractivity contribution in [3.63, 3.8) is 0 Å². The smallest absolute Gasteiger partial charge is 0.251 e. The molecule has 1 aliphatic carbocycles. The first-order chi connectivity index (χ1) is 10.3. The molecular formula is C17H18N2O2. The monoisotopic (exact) mass is 282 g/mol. The van der Waals surface area contributed by atoms with Crippen LogP contribution in [-0.2, 0) is 0 Å². The van der Waals surface area contributed by atoms with Crippen molar-refractivity contribution in [2.24, 2.45) is 0 Å². The van der Waals surface area contributed by atoms with Crippen LogP contribution in [-0.4, -0.2) is 16.9 Å². The molecule has 3 rings (SSSR count). The largest absolute Gasteiger partial charge is 0.439 e. The molecule has 1 N–H and O–H groups in total. The van der Waals surface area contributed by atoms with Gasteiger partial charge in [0.2, 0.25) is 5.88 Å². The van der Waals surface area contributed by atoms with Crippen LogP contribution in [0.4, 0.5) is 0 Å².